The van der Waals surface area contributed by atoms with Crippen LogP contribution in [0.2, 0.25) is 10.0 Å². The number of hydrogen-bond acceptors (Lipinski definition) is 2. The predicted molar refractivity (Wildman–Crippen MR) is 103 cm³/mol. The third-order valence-electron chi connectivity index (χ3n) is 4.13. The quantitative estimate of drug-likeness (QED) is 0.555. The molecule has 0 radical (unpaired) electrons. The highest BCUT2D eigenvalue weighted by Crippen LogP contribution is 2.45. The highest BCUT2D eigenvalue weighted by molar-refractivity contribution is 8.00. The van der Waals surface area contributed by atoms with Crippen LogP contribution in [0.25, 0.3) is 10.8 Å². The summed E-state index contributed by atoms with van der Waals surface area (Å²) in [5, 5.41) is 3.11. The first-order chi connectivity index (χ1) is 11.6. The summed E-state index contributed by atoms with van der Waals surface area (Å²) in [4.78, 5) is 14.3. The van der Waals surface area contributed by atoms with Crippen LogP contribution in [-0.2, 0) is 4.79 Å². The zero-order chi connectivity index (χ0) is 16.7. The second kappa shape index (κ2) is 6.32. The number of fused-ring (bicyclic) bond motifs is 1. The molecule has 1 amide bonds. The molecule has 0 spiro atoms. The van der Waals surface area contributed by atoms with Crippen molar-refractivity contribution in [2.24, 2.45) is 0 Å². The maximum Gasteiger partial charge on any atom is 0.238 e. The molecule has 2 nitrogen and oxygen atoms in total. The third kappa shape index (κ3) is 2.67. The Balaban J connectivity index is 1.81. The molecule has 3 aromatic carbocycles. The van der Waals surface area contributed by atoms with Crippen LogP contribution >= 0.6 is 35.0 Å². The van der Waals surface area contributed by atoms with E-state index in [1.807, 2.05) is 53.4 Å². The van der Waals surface area contributed by atoms with Crippen molar-refractivity contribution in [3.63, 3.8) is 0 Å². The molecular weight excluding hydrogens is 361 g/mol. The van der Waals surface area contributed by atoms with Crippen molar-refractivity contribution in [3.8, 4) is 0 Å². The number of carbonyl (C=O) groups is 1. The van der Waals surface area contributed by atoms with Gasteiger partial charge in [-0.1, -0.05) is 65.7 Å². The summed E-state index contributed by atoms with van der Waals surface area (Å²) in [5.41, 5.74) is 1.75. The van der Waals surface area contributed by atoms with E-state index < -0.39 is 0 Å². The number of nitrogens with zero attached hydrogens (tertiary/aromatic N) is 1. The van der Waals surface area contributed by atoms with Crippen LogP contribution in [0.4, 0.5) is 5.69 Å². The molecule has 1 aliphatic heterocycles. The smallest absolute Gasteiger partial charge is 0.238 e. The number of thioether (sulfide) groups is 1. The molecule has 24 heavy (non-hydrogen) atoms. The number of carbonyl (C=O) groups excluding carboxylic acids is 1. The van der Waals surface area contributed by atoms with E-state index in [9.17, 15) is 4.79 Å². The fourth-order valence-electron chi connectivity index (χ4n) is 2.97. The van der Waals surface area contributed by atoms with Gasteiger partial charge >= 0.3 is 0 Å². The molecule has 1 heterocycles. The number of anilines is 1. The first-order valence-electron chi connectivity index (χ1n) is 7.51. The standard InChI is InChI=1S/C19H13Cl2NOS/c20-16-7-3-6-15(18(16)21)19-22(17(23)11-24-19)14-9-8-12-4-1-2-5-13(12)10-14/h1-10,19H,11H2/t19-/m1/s1. The number of amides is 1. The van der Waals surface area contributed by atoms with E-state index in [0.29, 0.717) is 15.8 Å². The van der Waals surface area contributed by atoms with E-state index in [0.717, 1.165) is 22.0 Å². The van der Waals surface area contributed by atoms with Crippen molar-refractivity contribution in [3.05, 3.63) is 76.3 Å². The van der Waals surface area contributed by atoms with E-state index in [1.54, 1.807) is 17.8 Å². The van der Waals surface area contributed by atoms with Gasteiger partial charge in [0.05, 0.1) is 15.8 Å². The Labute approximate surface area is 154 Å². The Morgan fingerprint density at radius 3 is 2.58 bits per heavy atom. The summed E-state index contributed by atoms with van der Waals surface area (Å²) in [6, 6.07) is 19.7. The van der Waals surface area contributed by atoms with Gasteiger partial charge in [0.25, 0.3) is 0 Å². The van der Waals surface area contributed by atoms with Gasteiger partial charge in [-0.3, -0.25) is 9.69 Å². The van der Waals surface area contributed by atoms with Gasteiger partial charge in [-0.05, 0) is 29.0 Å². The first-order valence-corrected chi connectivity index (χ1v) is 9.32. The van der Waals surface area contributed by atoms with Crippen molar-refractivity contribution in [1.29, 1.82) is 0 Å². The van der Waals surface area contributed by atoms with Crippen molar-refractivity contribution in [2.45, 2.75) is 5.37 Å². The van der Waals surface area contributed by atoms with Gasteiger partial charge < -0.3 is 0 Å². The fraction of sp³-hybridized carbons (Fsp3) is 0.105. The molecule has 0 aliphatic carbocycles. The molecule has 5 heteroatoms. The Morgan fingerprint density at radius 2 is 1.75 bits per heavy atom. The van der Waals surface area contributed by atoms with Crippen LogP contribution in [0.1, 0.15) is 10.9 Å². The minimum atomic E-state index is -0.162. The molecule has 120 valence electrons. The number of hydrogen-bond donors (Lipinski definition) is 0. The minimum Gasteiger partial charge on any atom is -0.295 e. The molecule has 3 aromatic rings. The van der Waals surface area contributed by atoms with E-state index in [1.165, 1.54) is 0 Å². The summed E-state index contributed by atoms with van der Waals surface area (Å²) in [6.07, 6.45) is 0. The lowest BCUT2D eigenvalue weighted by Gasteiger charge is -2.25. The van der Waals surface area contributed by atoms with Gasteiger partial charge in [-0.2, -0.15) is 0 Å². The second-order valence-corrected chi connectivity index (χ2v) is 7.46. The average molecular weight is 374 g/mol. The van der Waals surface area contributed by atoms with Gasteiger partial charge in [-0.15, -0.1) is 11.8 Å². The summed E-state index contributed by atoms with van der Waals surface area (Å²) in [5.74, 6) is 0.511. The van der Waals surface area contributed by atoms with Gasteiger partial charge in [0.15, 0.2) is 0 Å². The molecule has 0 unspecified atom stereocenters. The van der Waals surface area contributed by atoms with E-state index in [-0.39, 0.29) is 11.3 Å². The van der Waals surface area contributed by atoms with Crippen LogP contribution in [0.3, 0.4) is 0 Å². The summed E-state index contributed by atoms with van der Waals surface area (Å²) >= 11 is 14.1. The van der Waals surface area contributed by atoms with Crippen molar-refractivity contribution < 1.29 is 4.79 Å². The highest BCUT2D eigenvalue weighted by atomic mass is 35.5. The predicted octanol–water partition coefficient (Wildman–Crippen LogP) is 5.93. The number of rotatable bonds is 2. The molecule has 1 saturated heterocycles. The van der Waals surface area contributed by atoms with E-state index in [4.69, 9.17) is 23.2 Å². The second-order valence-electron chi connectivity index (χ2n) is 5.60. The normalized spacial score (nSPS) is 17.7. The van der Waals surface area contributed by atoms with Crippen LogP contribution in [-0.4, -0.2) is 11.7 Å². The van der Waals surface area contributed by atoms with Crippen molar-refractivity contribution >= 4 is 57.3 Å². The molecule has 0 saturated carbocycles. The van der Waals surface area contributed by atoms with Crippen LogP contribution in [0.5, 0.6) is 0 Å². The lowest BCUT2D eigenvalue weighted by molar-refractivity contribution is -0.115. The van der Waals surface area contributed by atoms with Crippen LogP contribution in [0.15, 0.2) is 60.7 Å². The largest absolute Gasteiger partial charge is 0.295 e. The maximum absolute atomic E-state index is 12.5. The van der Waals surface area contributed by atoms with Crippen molar-refractivity contribution in [2.75, 3.05) is 10.7 Å². The summed E-state index contributed by atoms with van der Waals surface area (Å²) in [6.45, 7) is 0. The van der Waals surface area contributed by atoms with Crippen LogP contribution < -0.4 is 4.90 Å². The molecular formula is C19H13Cl2NOS. The zero-order valence-electron chi connectivity index (χ0n) is 12.6. The topological polar surface area (TPSA) is 20.3 Å². The van der Waals surface area contributed by atoms with Crippen LogP contribution in [0, 0.1) is 0 Å². The molecule has 0 bridgehead atoms. The monoisotopic (exact) mass is 373 g/mol. The summed E-state index contributed by atoms with van der Waals surface area (Å²) < 4.78 is 0. The third-order valence-corrected chi connectivity index (χ3v) is 6.15. The lowest BCUT2D eigenvalue weighted by atomic mass is 10.1. The molecule has 1 atom stereocenters. The Kier molecular flexibility index (Phi) is 4.17. The average Bonchev–Trinajstić information content (AvgIpc) is 2.98. The number of halogens is 2. The SMILES string of the molecule is O=C1CS[C@H](c2cccc(Cl)c2Cl)N1c1ccc2ccccc2c1. The highest BCUT2D eigenvalue weighted by Gasteiger charge is 2.35. The zero-order valence-corrected chi connectivity index (χ0v) is 14.9. The Bertz CT molecular complexity index is 944. The molecule has 0 N–H and O–H groups in total. The van der Waals surface area contributed by atoms with E-state index >= 15 is 0 Å². The van der Waals surface area contributed by atoms with E-state index in [2.05, 4.69) is 6.07 Å². The Morgan fingerprint density at radius 1 is 0.958 bits per heavy atom. The molecule has 0 aromatic heterocycles. The fourth-order valence-corrected chi connectivity index (χ4v) is 4.65. The van der Waals surface area contributed by atoms with Gasteiger partial charge in [0.2, 0.25) is 5.91 Å². The lowest BCUT2D eigenvalue weighted by Crippen LogP contribution is -2.27. The minimum absolute atomic E-state index is 0.0799. The first kappa shape index (κ1) is 15.8. The van der Waals surface area contributed by atoms with Gasteiger partial charge in [-0.25, -0.2) is 0 Å². The molecule has 1 aliphatic rings. The number of benzene rings is 3. The molecule has 1 fully saturated rings. The maximum atomic E-state index is 12.5. The van der Waals surface area contributed by atoms with Crippen molar-refractivity contribution in [1.82, 2.24) is 0 Å². The van der Waals surface area contributed by atoms with Gasteiger partial charge in [0.1, 0.15) is 5.37 Å². The summed E-state index contributed by atoms with van der Waals surface area (Å²) in [7, 11) is 0. The Hall–Kier alpha value is -1.68. The molecule has 4 rings (SSSR count). The van der Waals surface area contributed by atoms with Gasteiger partial charge in [0, 0.05) is 11.3 Å².